The maximum Gasteiger partial charge on any atom is 0.334 e. The lowest BCUT2D eigenvalue weighted by Crippen LogP contribution is -2.48. The Hall–Kier alpha value is -1.62. The third-order valence-corrected chi connectivity index (χ3v) is 2.85. The van der Waals surface area contributed by atoms with Gasteiger partial charge in [0, 0.05) is 13.0 Å². The van der Waals surface area contributed by atoms with Gasteiger partial charge in [0.15, 0.2) is 5.54 Å². The van der Waals surface area contributed by atoms with Crippen LogP contribution in [-0.2, 0) is 14.3 Å². The molecule has 2 rings (SSSR count). The quantitative estimate of drug-likeness (QED) is 0.813. The van der Waals surface area contributed by atoms with Gasteiger partial charge >= 0.3 is 5.97 Å². The summed E-state index contributed by atoms with van der Waals surface area (Å²) in [5.74, 6) is -0.832. The number of anilines is 1. The van der Waals surface area contributed by atoms with E-state index in [-0.39, 0.29) is 12.3 Å². The van der Waals surface area contributed by atoms with Crippen LogP contribution in [0.4, 0.5) is 10.1 Å². The highest BCUT2D eigenvalue weighted by Gasteiger charge is 2.43. The van der Waals surface area contributed by atoms with E-state index < -0.39 is 17.3 Å². The monoisotopic (exact) mass is 239 g/mol. The summed E-state index contributed by atoms with van der Waals surface area (Å²) in [6, 6.07) is 6.21. The average molecular weight is 239 g/mol. The summed E-state index contributed by atoms with van der Waals surface area (Å²) in [6.45, 7) is 0.643. The van der Waals surface area contributed by atoms with E-state index in [1.165, 1.54) is 13.2 Å². The molecule has 1 aromatic rings. The number of hydrogen-bond acceptors (Lipinski definition) is 4. The van der Waals surface area contributed by atoms with Gasteiger partial charge in [0.2, 0.25) is 0 Å². The Labute approximate surface area is 98.7 Å². The van der Waals surface area contributed by atoms with E-state index in [0.717, 1.165) is 0 Å². The number of hydrogen-bond donors (Lipinski definition) is 1. The number of esters is 1. The van der Waals surface area contributed by atoms with Gasteiger partial charge in [-0.2, -0.15) is 0 Å². The predicted molar refractivity (Wildman–Crippen MR) is 60.2 cm³/mol. The summed E-state index contributed by atoms with van der Waals surface area (Å²) in [4.78, 5) is 11.8. The van der Waals surface area contributed by atoms with Crippen LogP contribution < -0.4 is 5.32 Å². The van der Waals surface area contributed by atoms with Crippen molar-refractivity contribution >= 4 is 11.7 Å². The minimum Gasteiger partial charge on any atom is -0.467 e. The molecule has 1 heterocycles. The number of nitrogens with one attached hydrogen (secondary N) is 1. The van der Waals surface area contributed by atoms with Gasteiger partial charge in [0.1, 0.15) is 5.82 Å². The maximum atomic E-state index is 13.5. The van der Waals surface area contributed by atoms with Crippen molar-refractivity contribution in [3.05, 3.63) is 30.1 Å². The zero-order valence-electron chi connectivity index (χ0n) is 9.53. The number of carbonyl (C=O) groups excluding carboxylic acids is 1. The van der Waals surface area contributed by atoms with E-state index in [1.54, 1.807) is 18.2 Å². The molecule has 1 unspecified atom stereocenters. The van der Waals surface area contributed by atoms with Gasteiger partial charge in [-0.3, -0.25) is 0 Å². The highest BCUT2D eigenvalue weighted by atomic mass is 19.1. The fourth-order valence-electron chi connectivity index (χ4n) is 1.89. The van der Waals surface area contributed by atoms with E-state index >= 15 is 0 Å². The Morgan fingerprint density at radius 2 is 2.29 bits per heavy atom. The zero-order chi connectivity index (χ0) is 12.3. The second kappa shape index (κ2) is 4.71. The van der Waals surface area contributed by atoms with Crippen LogP contribution in [0.2, 0.25) is 0 Å². The largest absolute Gasteiger partial charge is 0.467 e. The number of halogens is 1. The number of para-hydroxylation sites is 1. The van der Waals surface area contributed by atoms with Crippen LogP contribution in [0.5, 0.6) is 0 Å². The summed E-state index contributed by atoms with van der Waals surface area (Å²) in [7, 11) is 1.31. The Morgan fingerprint density at radius 1 is 1.53 bits per heavy atom. The Bertz CT molecular complexity index is 416. The summed E-state index contributed by atoms with van der Waals surface area (Å²) >= 11 is 0. The molecule has 0 amide bonds. The van der Waals surface area contributed by atoms with Crippen molar-refractivity contribution in [3.63, 3.8) is 0 Å². The van der Waals surface area contributed by atoms with E-state index in [2.05, 4.69) is 5.32 Å². The fourth-order valence-corrected chi connectivity index (χ4v) is 1.89. The first-order chi connectivity index (χ1) is 8.18. The number of rotatable bonds is 3. The summed E-state index contributed by atoms with van der Waals surface area (Å²) in [5, 5.41) is 2.90. The predicted octanol–water partition coefficient (Wildman–Crippen LogP) is 1.57. The molecule has 1 fully saturated rings. The molecule has 17 heavy (non-hydrogen) atoms. The molecule has 92 valence electrons. The van der Waals surface area contributed by atoms with E-state index in [4.69, 9.17) is 9.47 Å². The van der Waals surface area contributed by atoms with Crippen molar-refractivity contribution in [2.75, 3.05) is 25.6 Å². The van der Waals surface area contributed by atoms with Crippen LogP contribution in [0.25, 0.3) is 0 Å². The van der Waals surface area contributed by atoms with Crippen molar-refractivity contribution in [2.45, 2.75) is 12.0 Å². The van der Waals surface area contributed by atoms with Gasteiger partial charge in [-0.15, -0.1) is 0 Å². The lowest BCUT2D eigenvalue weighted by Gasteiger charge is -2.26. The summed E-state index contributed by atoms with van der Waals surface area (Å²) in [6.07, 6.45) is 0.466. The molecule has 0 radical (unpaired) electrons. The first kappa shape index (κ1) is 11.9. The Kier molecular flexibility index (Phi) is 3.28. The van der Waals surface area contributed by atoms with Gasteiger partial charge in [-0.25, -0.2) is 9.18 Å². The lowest BCUT2D eigenvalue weighted by molar-refractivity contribution is -0.146. The topological polar surface area (TPSA) is 47.6 Å². The highest BCUT2D eigenvalue weighted by molar-refractivity contribution is 5.85. The Balaban J connectivity index is 2.25. The number of methoxy groups -OCH3 is 1. The Morgan fingerprint density at radius 3 is 2.88 bits per heavy atom. The second-order valence-electron chi connectivity index (χ2n) is 3.98. The fraction of sp³-hybridized carbons (Fsp3) is 0.417. The van der Waals surface area contributed by atoms with Gasteiger partial charge < -0.3 is 14.8 Å². The van der Waals surface area contributed by atoms with Crippen molar-refractivity contribution in [1.29, 1.82) is 0 Å². The van der Waals surface area contributed by atoms with Gasteiger partial charge in [0.05, 0.1) is 19.4 Å². The van der Waals surface area contributed by atoms with Gasteiger partial charge in [-0.05, 0) is 12.1 Å². The van der Waals surface area contributed by atoms with Gasteiger partial charge in [-0.1, -0.05) is 12.1 Å². The van der Waals surface area contributed by atoms with E-state index in [1.807, 2.05) is 0 Å². The third-order valence-electron chi connectivity index (χ3n) is 2.85. The smallest absolute Gasteiger partial charge is 0.334 e. The van der Waals surface area contributed by atoms with E-state index in [9.17, 15) is 9.18 Å². The minimum absolute atomic E-state index is 0.188. The van der Waals surface area contributed by atoms with Gasteiger partial charge in [0.25, 0.3) is 0 Å². The number of benzene rings is 1. The molecule has 0 aromatic heterocycles. The normalized spacial score (nSPS) is 23.4. The molecule has 1 saturated heterocycles. The molecule has 0 spiro atoms. The van der Waals surface area contributed by atoms with Crippen molar-refractivity contribution < 1.29 is 18.7 Å². The van der Waals surface area contributed by atoms with Crippen LogP contribution in [0, 0.1) is 5.82 Å². The van der Waals surface area contributed by atoms with Crippen molar-refractivity contribution in [3.8, 4) is 0 Å². The van der Waals surface area contributed by atoms with E-state index in [0.29, 0.717) is 13.0 Å². The van der Waals surface area contributed by atoms with Crippen molar-refractivity contribution in [1.82, 2.24) is 0 Å². The molecule has 1 N–H and O–H groups in total. The minimum atomic E-state index is -0.975. The number of carbonyl (C=O) groups is 1. The molecular weight excluding hydrogens is 225 g/mol. The second-order valence-corrected chi connectivity index (χ2v) is 3.98. The van der Waals surface area contributed by atoms with Crippen molar-refractivity contribution in [2.24, 2.45) is 0 Å². The van der Waals surface area contributed by atoms with Crippen LogP contribution in [0.15, 0.2) is 24.3 Å². The highest BCUT2D eigenvalue weighted by Crippen LogP contribution is 2.27. The molecule has 5 heteroatoms. The lowest BCUT2D eigenvalue weighted by atomic mass is 9.98. The maximum absolute atomic E-state index is 13.5. The molecule has 1 aliphatic heterocycles. The van der Waals surface area contributed by atoms with Crippen LogP contribution >= 0.6 is 0 Å². The third kappa shape index (κ3) is 2.24. The summed E-state index contributed by atoms with van der Waals surface area (Å²) in [5.41, 5.74) is -0.694. The molecule has 1 aliphatic rings. The first-order valence-electron chi connectivity index (χ1n) is 5.37. The SMILES string of the molecule is COC(=O)C1(Nc2ccccc2F)CCOC1. The molecule has 1 aromatic carbocycles. The molecule has 0 bridgehead atoms. The van der Waals surface area contributed by atoms with Crippen LogP contribution in [0.1, 0.15) is 6.42 Å². The number of ether oxygens (including phenoxy) is 2. The summed E-state index contributed by atoms with van der Waals surface area (Å²) < 4.78 is 23.5. The standard InChI is InChI=1S/C12H14FNO3/c1-16-11(15)12(6-7-17-8-12)14-10-5-3-2-4-9(10)13/h2-5,14H,6-8H2,1H3. The molecule has 0 saturated carbocycles. The molecule has 4 nitrogen and oxygen atoms in total. The van der Waals surface area contributed by atoms with Crippen LogP contribution in [0.3, 0.4) is 0 Å². The van der Waals surface area contributed by atoms with Crippen LogP contribution in [-0.4, -0.2) is 31.8 Å². The zero-order valence-corrected chi connectivity index (χ0v) is 9.53. The first-order valence-corrected chi connectivity index (χ1v) is 5.37. The molecule has 0 aliphatic carbocycles. The average Bonchev–Trinajstić information content (AvgIpc) is 2.81. The molecule has 1 atom stereocenters. The molecular formula is C12H14FNO3.